The fraction of sp³-hybridized carbons (Fsp3) is 0.833. The van der Waals surface area contributed by atoms with Gasteiger partial charge in [0.1, 0.15) is 0 Å². The fourth-order valence-electron chi connectivity index (χ4n) is 4.68. The van der Waals surface area contributed by atoms with Gasteiger partial charge in [0.25, 0.3) is 0 Å². The van der Waals surface area contributed by atoms with Gasteiger partial charge in [-0.25, -0.2) is 0 Å². The average Bonchev–Trinajstić information content (AvgIpc) is 2.93. The third-order valence-corrected chi connectivity index (χ3v) is 7.29. The maximum Gasteiger partial charge on any atom is 2.00 e. The minimum absolute atomic E-state index is 0. The summed E-state index contributed by atoms with van der Waals surface area (Å²) in [5, 5.41) is 20.4. The molecule has 0 aromatic carbocycles. The van der Waals surface area contributed by atoms with Crippen molar-refractivity contribution in [3.63, 3.8) is 0 Å². The first kappa shape index (κ1) is 51.5. The van der Waals surface area contributed by atoms with Gasteiger partial charge >= 0.3 is 19.5 Å². The molecule has 0 radical (unpaired) electrons. The van der Waals surface area contributed by atoms with Crippen LogP contribution in [0.4, 0.5) is 0 Å². The first-order valence-electron chi connectivity index (χ1n) is 17.2. The molecule has 0 saturated heterocycles. The zero-order chi connectivity index (χ0) is 29.8. The Bertz CT molecular complexity index is 536. The van der Waals surface area contributed by atoms with Crippen molar-refractivity contribution in [2.75, 3.05) is 0 Å². The largest absolute Gasteiger partial charge is 2.00 e. The Kier molecular flexibility index (Phi) is 57.4. The van der Waals surface area contributed by atoms with E-state index in [1.54, 1.807) is 0 Å². The molecule has 0 atom stereocenters. The van der Waals surface area contributed by atoms with Gasteiger partial charge in [0.15, 0.2) is 0 Å². The molecule has 0 aromatic rings. The van der Waals surface area contributed by atoms with Gasteiger partial charge in [0, 0.05) is 11.9 Å². The van der Waals surface area contributed by atoms with E-state index in [1.165, 1.54) is 128 Å². The SMILES string of the molecule is CCCCCCCC/C=C\CCCCCCCC(=O)[O-].CCCCCCCC/C=C\CCCCCCCC(=O)[O-].[NH2-].[NH2-].[Zn+2]. The van der Waals surface area contributed by atoms with E-state index in [9.17, 15) is 19.8 Å². The number of allylic oxidation sites excluding steroid dienone is 4. The molecule has 0 bridgehead atoms. The summed E-state index contributed by atoms with van der Waals surface area (Å²) in [5.74, 6) is -1.83. The van der Waals surface area contributed by atoms with Crippen LogP contribution in [0.3, 0.4) is 0 Å². The van der Waals surface area contributed by atoms with Crippen molar-refractivity contribution in [2.45, 2.75) is 194 Å². The smallest absolute Gasteiger partial charge is 0.693 e. The minimum atomic E-state index is -0.914. The molecule has 6 nitrogen and oxygen atoms in total. The number of carbonyl (C=O) groups excluding carboxylic acids is 2. The van der Waals surface area contributed by atoms with E-state index in [2.05, 4.69) is 38.2 Å². The Morgan fingerprint density at radius 3 is 0.837 bits per heavy atom. The van der Waals surface area contributed by atoms with Crippen molar-refractivity contribution >= 4 is 11.9 Å². The Morgan fingerprint density at radius 2 is 0.605 bits per heavy atom. The topological polar surface area (TPSA) is 147 Å². The number of unbranched alkanes of at least 4 members (excludes halogenated alkanes) is 22. The molecule has 7 heteroatoms. The van der Waals surface area contributed by atoms with Crippen LogP contribution in [0.1, 0.15) is 194 Å². The van der Waals surface area contributed by atoms with Gasteiger partial charge in [-0.3, -0.25) is 0 Å². The number of carboxylic acid groups (broad SMARTS) is 2. The normalized spacial score (nSPS) is 10.5. The summed E-state index contributed by atoms with van der Waals surface area (Å²) in [7, 11) is 0. The molecule has 0 spiro atoms. The van der Waals surface area contributed by atoms with E-state index < -0.39 is 11.9 Å². The Morgan fingerprint density at radius 1 is 0.395 bits per heavy atom. The van der Waals surface area contributed by atoms with E-state index >= 15 is 0 Å². The summed E-state index contributed by atoms with van der Waals surface area (Å²) in [6.45, 7) is 4.51. The number of nitrogens with two attached hydrogens (primary N) is 2. The third-order valence-electron chi connectivity index (χ3n) is 7.29. The van der Waals surface area contributed by atoms with Crippen LogP contribution >= 0.6 is 0 Å². The molecule has 0 aliphatic heterocycles. The molecule has 0 heterocycles. The van der Waals surface area contributed by atoms with E-state index in [0.717, 1.165) is 38.5 Å². The van der Waals surface area contributed by atoms with Crippen LogP contribution in [-0.2, 0) is 29.1 Å². The predicted molar refractivity (Wildman–Crippen MR) is 179 cm³/mol. The van der Waals surface area contributed by atoms with Gasteiger partial charge in [-0.2, -0.15) is 0 Å². The van der Waals surface area contributed by atoms with Gasteiger partial charge in [-0.05, 0) is 77.0 Å². The molecule has 0 aromatic heterocycles. The first-order chi connectivity index (χ1) is 19.5. The standard InChI is InChI=1S/2C18H34O2.2H2N.Zn/c2*1-2-3-4-5-6-7-8-9-10-11-12-13-14-15-16-17-18(19)20;;;/h2*9-10H,2-8,11-17H2,1H3,(H,19,20);2*1H2;/q;;2*-1;+2/p-2/b2*10-9-;;;. The predicted octanol–water partition coefficient (Wildman–Crippen LogP) is 11.0. The van der Waals surface area contributed by atoms with Crippen LogP contribution in [0.15, 0.2) is 24.3 Å². The van der Waals surface area contributed by atoms with E-state index in [0.29, 0.717) is 0 Å². The van der Waals surface area contributed by atoms with E-state index in [-0.39, 0.29) is 44.6 Å². The fourth-order valence-corrected chi connectivity index (χ4v) is 4.68. The Hall–Kier alpha value is -1.04. The molecule has 0 aliphatic rings. The number of rotatable bonds is 30. The zero-order valence-electron chi connectivity index (χ0n) is 28.6. The summed E-state index contributed by atoms with van der Waals surface area (Å²) in [5.41, 5.74) is 0. The van der Waals surface area contributed by atoms with Crippen molar-refractivity contribution in [1.82, 2.24) is 0 Å². The number of aliphatic carboxylic acids is 2. The molecule has 0 aliphatic carbocycles. The van der Waals surface area contributed by atoms with Gasteiger partial charge in [0.05, 0.1) is 0 Å². The second kappa shape index (κ2) is 47.9. The second-order valence-corrected chi connectivity index (χ2v) is 11.4. The van der Waals surface area contributed by atoms with Gasteiger partial charge < -0.3 is 32.1 Å². The van der Waals surface area contributed by atoms with Crippen LogP contribution in [-0.4, -0.2) is 11.9 Å². The van der Waals surface area contributed by atoms with Crippen LogP contribution < -0.4 is 10.2 Å². The molecule has 0 fully saturated rings. The van der Waals surface area contributed by atoms with Crippen LogP contribution in [0.25, 0.3) is 12.3 Å². The van der Waals surface area contributed by atoms with Crippen LogP contribution in [0, 0.1) is 0 Å². The second-order valence-electron chi connectivity index (χ2n) is 11.4. The maximum absolute atomic E-state index is 10.2. The van der Waals surface area contributed by atoms with Crippen molar-refractivity contribution < 1.29 is 39.3 Å². The van der Waals surface area contributed by atoms with E-state index in [1.807, 2.05) is 0 Å². The Labute approximate surface area is 280 Å². The minimum Gasteiger partial charge on any atom is -0.693 e. The first-order valence-corrected chi connectivity index (χ1v) is 17.2. The van der Waals surface area contributed by atoms with E-state index in [4.69, 9.17) is 0 Å². The van der Waals surface area contributed by atoms with Crippen LogP contribution in [0.5, 0.6) is 0 Å². The monoisotopic (exact) mass is 658 g/mol. The number of hydrogen-bond acceptors (Lipinski definition) is 4. The van der Waals surface area contributed by atoms with Crippen molar-refractivity contribution in [3.8, 4) is 0 Å². The summed E-state index contributed by atoms with van der Waals surface area (Å²) >= 11 is 0. The van der Waals surface area contributed by atoms with Crippen molar-refractivity contribution in [2.24, 2.45) is 0 Å². The number of hydrogen-bond donors (Lipinski definition) is 0. The molecular weight excluding hydrogens is 590 g/mol. The van der Waals surface area contributed by atoms with Gasteiger partial charge in [-0.15, -0.1) is 0 Å². The molecular formula is C36H70N2O4Zn-2. The molecule has 43 heavy (non-hydrogen) atoms. The average molecular weight is 660 g/mol. The third kappa shape index (κ3) is 57.2. The van der Waals surface area contributed by atoms with Crippen molar-refractivity contribution in [3.05, 3.63) is 36.6 Å². The van der Waals surface area contributed by atoms with Gasteiger partial charge in [0.2, 0.25) is 0 Å². The molecule has 0 unspecified atom stereocenters. The summed E-state index contributed by atoms with van der Waals surface area (Å²) in [6, 6.07) is 0. The summed E-state index contributed by atoms with van der Waals surface area (Å²) in [4.78, 5) is 20.4. The molecule has 252 valence electrons. The summed E-state index contributed by atoms with van der Waals surface area (Å²) in [6.07, 6.45) is 41.8. The summed E-state index contributed by atoms with van der Waals surface area (Å²) < 4.78 is 0. The molecule has 0 saturated carbocycles. The van der Waals surface area contributed by atoms with Crippen molar-refractivity contribution in [1.29, 1.82) is 0 Å². The number of carboxylic acids is 2. The van der Waals surface area contributed by atoms with Crippen LogP contribution in [0.2, 0.25) is 0 Å². The molecule has 0 amide bonds. The quantitative estimate of drug-likeness (QED) is 0.0428. The maximum atomic E-state index is 10.2. The zero-order valence-corrected chi connectivity index (χ0v) is 31.6. The molecule has 4 N–H and O–H groups in total. The van der Waals surface area contributed by atoms with Gasteiger partial charge in [-0.1, -0.05) is 141 Å². The molecule has 0 rings (SSSR count). The Balaban J connectivity index is -0.000000209. The number of carbonyl (C=O) groups is 2.